The van der Waals surface area contributed by atoms with Crippen molar-refractivity contribution >= 4 is 34.4 Å². The first-order valence-electron chi connectivity index (χ1n) is 9.02. The van der Waals surface area contributed by atoms with Crippen LogP contribution in [0.5, 0.6) is 0 Å². The Kier molecular flexibility index (Phi) is 5.34. The molecule has 0 aliphatic heterocycles. The van der Waals surface area contributed by atoms with Crippen LogP contribution in [-0.4, -0.2) is 37.8 Å². The average Bonchev–Trinajstić information content (AvgIpc) is 3.18. The second-order valence-corrected chi connectivity index (χ2v) is 7.03. The lowest BCUT2D eigenvalue weighted by molar-refractivity contribution is 0.102. The summed E-state index contributed by atoms with van der Waals surface area (Å²) in [4.78, 5) is 21.7. The van der Waals surface area contributed by atoms with E-state index < -0.39 is 0 Å². The molecule has 0 unspecified atom stereocenters. The van der Waals surface area contributed by atoms with Gasteiger partial charge in [0.15, 0.2) is 16.6 Å². The summed E-state index contributed by atoms with van der Waals surface area (Å²) < 4.78 is 1.79. The Bertz CT molecular complexity index is 1100. The van der Waals surface area contributed by atoms with E-state index in [4.69, 9.17) is 0 Å². The van der Waals surface area contributed by atoms with Crippen molar-refractivity contribution in [3.05, 3.63) is 72.4 Å². The lowest BCUT2D eigenvalue weighted by atomic mass is 10.2. The van der Waals surface area contributed by atoms with Crippen molar-refractivity contribution in [2.75, 3.05) is 17.6 Å². The SMILES string of the molecule is CCNc1nc(SCC(=O)c2ccccc2)nc2c1cnn2-c1ccccc1. The number of para-hydroxylation sites is 1. The van der Waals surface area contributed by atoms with Crippen molar-refractivity contribution in [1.82, 2.24) is 19.7 Å². The van der Waals surface area contributed by atoms with Crippen LogP contribution in [0.4, 0.5) is 5.82 Å². The Hall–Kier alpha value is -3.19. The number of fused-ring (bicyclic) bond motifs is 1. The third kappa shape index (κ3) is 3.75. The number of hydrogen-bond acceptors (Lipinski definition) is 6. The number of nitrogens with zero attached hydrogens (tertiary/aromatic N) is 4. The molecule has 0 bridgehead atoms. The standard InChI is InChI=1S/C21H19N5OS/c1-2-22-19-17-13-23-26(16-11-7-4-8-12-16)20(17)25-21(24-19)28-14-18(27)15-9-5-3-6-10-15/h3-13H,2,14H2,1H3,(H,22,24,25). The highest BCUT2D eigenvalue weighted by molar-refractivity contribution is 7.99. The van der Waals surface area contributed by atoms with Gasteiger partial charge < -0.3 is 5.32 Å². The number of nitrogens with one attached hydrogen (secondary N) is 1. The molecule has 0 radical (unpaired) electrons. The Balaban J connectivity index is 1.67. The predicted molar refractivity (Wildman–Crippen MR) is 112 cm³/mol. The molecule has 0 amide bonds. The molecule has 2 heterocycles. The maximum absolute atomic E-state index is 12.4. The van der Waals surface area contributed by atoms with E-state index in [0.29, 0.717) is 16.4 Å². The van der Waals surface area contributed by atoms with Gasteiger partial charge in [-0.2, -0.15) is 5.10 Å². The number of anilines is 1. The maximum atomic E-state index is 12.4. The van der Waals surface area contributed by atoms with Gasteiger partial charge in [-0.15, -0.1) is 0 Å². The van der Waals surface area contributed by atoms with Crippen LogP contribution < -0.4 is 5.32 Å². The summed E-state index contributed by atoms with van der Waals surface area (Å²) in [6.07, 6.45) is 1.77. The van der Waals surface area contributed by atoms with Gasteiger partial charge in [0.1, 0.15) is 5.82 Å². The predicted octanol–water partition coefficient (Wildman–Crippen LogP) is 4.22. The Morgan fingerprint density at radius 3 is 2.46 bits per heavy atom. The fourth-order valence-electron chi connectivity index (χ4n) is 2.85. The summed E-state index contributed by atoms with van der Waals surface area (Å²) in [5.74, 6) is 1.06. The Morgan fingerprint density at radius 2 is 1.75 bits per heavy atom. The summed E-state index contributed by atoms with van der Waals surface area (Å²) in [6, 6.07) is 19.1. The van der Waals surface area contributed by atoms with E-state index in [9.17, 15) is 4.79 Å². The minimum Gasteiger partial charge on any atom is -0.370 e. The van der Waals surface area contributed by atoms with Gasteiger partial charge in [0.2, 0.25) is 0 Å². The van der Waals surface area contributed by atoms with Crippen LogP contribution in [0.3, 0.4) is 0 Å². The maximum Gasteiger partial charge on any atom is 0.192 e. The summed E-state index contributed by atoms with van der Waals surface area (Å²) in [6.45, 7) is 2.75. The summed E-state index contributed by atoms with van der Waals surface area (Å²) in [7, 11) is 0. The van der Waals surface area contributed by atoms with Gasteiger partial charge in [-0.3, -0.25) is 4.79 Å². The van der Waals surface area contributed by atoms with E-state index >= 15 is 0 Å². The van der Waals surface area contributed by atoms with Crippen LogP contribution in [0.1, 0.15) is 17.3 Å². The van der Waals surface area contributed by atoms with Crippen LogP contribution in [0.25, 0.3) is 16.7 Å². The zero-order valence-electron chi connectivity index (χ0n) is 15.4. The monoisotopic (exact) mass is 389 g/mol. The number of aromatic nitrogens is 4. The molecular formula is C21H19N5OS. The molecule has 0 spiro atoms. The van der Waals surface area contributed by atoms with Crippen molar-refractivity contribution < 1.29 is 4.79 Å². The molecule has 0 atom stereocenters. The largest absolute Gasteiger partial charge is 0.370 e. The van der Waals surface area contributed by atoms with E-state index in [0.717, 1.165) is 23.4 Å². The molecule has 4 aromatic rings. The van der Waals surface area contributed by atoms with Crippen LogP contribution in [0, 0.1) is 0 Å². The molecule has 0 saturated carbocycles. The third-order valence-corrected chi connectivity index (χ3v) is 5.03. The van der Waals surface area contributed by atoms with Gasteiger partial charge in [0, 0.05) is 12.1 Å². The molecule has 4 rings (SSSR count). The minimum absolute atomic E-state index is 0.0517. The number of hydrogen-bond donors (Lipinski definition) is 1. The highest BCUT2D eigenvalue weighted by atomic mass is 32.2. The molecule has 6 nitrogen and oxygen atoms in total. The molecule has 0 aliphatic rings. The van der Waals surface area contributed by atoms with E-state index in [2.05, 4.69) is 20.4 Å². The van der Waals surface area contributed by atoms with Crippen molar-refractivity contribution in [1.29, 1.82) is 0 Å². The van der Waals surface area contributed by atoms with E-state index in [1.165, 1.54) is 11.8 Å². The van der Waals surface area contributed by atoms with Crippen LogP contribution in [0.15, 0.2) is 72.0 Å². The number of benzene rings is 2. The number of thioether (sulfide) groups is 1. The summed E-state index contributed by atoms with van der Waals surface area (Å²) >= 11 is 1.33. The van der Waals surface area contributed by atoms with Gasteiger partial charge in [-0.1, -0.05) is 60.3 Å². The highest BCUT2D eigenvalue weighted by Gasteiger charge is 2.15. The van der Waals surface area contributed by atoms with E-state index in [-0.39, 0.29) is 11.5 Å². The molecule has 2 aromatic carbocycles. The highest BCUT2D eigenvalue weighted by Crippen LogP contribution is 2.26. The van der Waals surface area contributed by atoms with Gasteiger partial charge in [-0.25, -0.2) is 14.6 Å². The molecule has 1 N–H and O–H groups in total. The lowest BCUT2D eigenvalue weighted by Crippen LogP contribution is -2.06. The fraction of sp³-hybridized carbons (Fsp3) is 0.143. The molecule has 0 saturated heterocycles. The van der Waals surface area contributed by atoms with Crippen LogP contribution in [0.2, 0.25) is 0 Å². The number of carbonyl (C=O) groups excluding carboxylic acids is 1. The first-order chi connectivity index (χ1) is 13.8. The van der Waals surface area contributed by atoms with Gasteiger partial charge >= 0.3 is 0 Å². The van der Waals surface area contributed by atoms with Gasteiger partial charge in [0.05, 0.1) is 23.0 Å². The number of rotatable bonds is 7. The lowest BCUT2D eigenvalue weighted by Gasteiger charge is -2.08. The second kappa shape index (κ2) is 8.22. The molecule has 0 aliphatic carbocycles. The van der Waals surface area contributed by atoms with Crippen molar-refractivity contribution in [3.8, 4) is 5.69 Å². The topological polar surface area (TPSA) is 72.7 Å². The Labute approximate surface area is 167 Å². The molecule has 7 heteroatoms. The van der Waals surface area contributed by atoms with Crippen molar-refractivity contribution in [2.24, 2.45) is 0 Å². The van der Waals surface area contributed by atoms with Crippen molar-refractivity contribution in [3.63, 3.8) is 0 Å². The zero-order chi connectivity index (χ0) is 19.3. The smallest absolute Gasteiger partial charge is 0.192 e. The van der Waals surface area contributed by atoms with Crippen molar-refractivity contribution in [2.45, 2.75) is 12.1 Å². The molecule has 0 fully saturated rings. The second-order valence-electron chi connectivity index (χ2n) is 6.09. The summed E-state index contributed by atoms with van der Waals surface area (Å²) in [5, 5.41) is 9.16. The number of carbonyl (C=O) groups is 1. The van der Waals surface area contributed by atoms with Crippen LogP contribution >= 0.6 is 11.8 Å². The molecule has 2 aromatic heterocycles. The Morgan fingerprint density at radius 1 is 1.04 bits per heavy atom. The number of ketones is 1. The molecule has 28 heavy (non-hydrogen) atoms. The van der Waals surface area contributed by atoms with Gasteiger partial charge in [0.25, 0.3) is 0 Å². The van der Waals surface area contributed by atoms with E-state index in [1.54, 1.807) is 10.9 Å². The third-order valence-electron chi connectivity index (χ3n) is 4.18. The normalized spacial score (nSPS) is 10.9. The number of Topliss-reactive ketones (excluding diaryl/α,β-unsaturated/α-hetero) is 1. The minimum atomic E-state index is 0.0517. The first-order valence-corrected chi connectivity index (χ1v) is 10.0. The zero-order valence-corrected chi connectivity index (χ0v) is 16.2. The average molecular weight is 389 g/mol. The molecular weight excluding hydrogens is 370 g/mol. The van der Waals surface area contributed by atoms with Crippen LogP contribution in [-0.2, 0) is 0 Å². The van der Waals surface area contributed by atoms with Gasteiger partial charge in [-0.05, 0) is 19.1 Å². The molecule has 140 valence electrons. The first kappa shape index (κ1) is 18.2. The summed E-state index contributed by atoms with van der Waals surface area (Å²) in [5.41, 5.74) is 2.33. The van der Waals surface area contributed by atoms with E-state index in [1.807, 2.05) is 67.6 Å². The quantitative estimate of drug-likeness (QED) is 0.290. The fourth-order valence-corrected chi connectivity index (χ4v) is 3.58.